The summed E-state index contributed by atoms with van der Waals surface area (Å²) in [5.74, 6) is 0.937. The Labute approximate surface area is 181 Å². The van der Waals surface area contributed by atoms with E-state index in [1.165, 1.54) is 30.6 Å². The van der Waals surface area contributed by atoms with E-state index in [9.17, 15) is 4.79 Å². The number of thiophene rings is 1. The van der Waals surface area contributed by atoms with E-state index in [4.69, 9.17) is 4.74 Å². The van der Waals surface area contributed by atoms with Crippen LogP contribution in [0.15, 0.2) is 72.3 Å². The van der Waals surface area contributed by atoms with Crippen LogP contribution in [0, 0.1) is 11.8 Å². The fourth-order valence-corrected chi connectivity index (χ4v) is 5.68. The highest BCUT2D eigenvalue weighted by atomic mass is 32.1. The summed E-state index contributed by atoms with van der Waals surface area (Å²) < 4.78 is 6.83. The van der Waals surface area contributed by atoms with Crippen LogP contribution in [0.1, 0.15) is 24.4 Å². The van der Waals surface area contributed by atoms with Crippen molar-refractivity contribution < 1.29 is 9.53 Å². The zero-order chi connectivity index (χ0) is 20.3. The SMILES string of the molecule is O=C(OC=CC1CN2CCC1CC2)C(Nc1ccccc1)c1csc2ccccc12. The third-order valence-electron chi connectivity index (χ3n) is 6.36. The highest BCUT2D eigenvalue weighted by Crippen LogP contribution is 2.34. The van der Waals surface area contributed by atoms with Gasteiger partial charge in [0, 0.05) is 22.5 Å². The molecule has 0 radical (unpaired) electrons. The molecule has 4 nitrogen and oxygen atoms in total. The van der Waals surface area contributed by atoms with Gasteiger partial charge in [0.05, 0.1) is 6.26 Å². The molecule has 1 aromatic heterocycles. The van der Waals surface area contributed by atoms with Gasteiger partial charge in [-0.2, -0.15) is 0 Å². The van der Waals surface area contributed by atoms with Gasteiger partial charge in [-0.3, -0.25) is 0 Å². The predicted octanol–water partition coefficient (Wildman–Crippen LogP) is 5.45. The molecule has 0 amide bonds. The number of nitrogens with zero attached hydrogens (tertiary/aromatic N) is 1. The van der Waals surface area contributed by atoms with Gasteiger partial charge in [-0.05, 0) is 72.8 Å². The third kappa shape index (κ3) is 4.00. The topological polar surface area (TPSA) is 41.6 Å². The highest BCUT2D eigenvalue weighted by molar-refractivity contribution is 7.17. The van der Waals surface area contributed by atoms with E-state index < -0.39 is 6.04 Å². The van der Waals surface area contributed by atoms with Crippen LogP contribution in [0.3, 0.4) is 0 Å². The summed E-state index contributed by atoms with van der Waals surface area (Å²) in [5.41, 5.74) is 1.86. The lowest BCUT2D eigenvalue weighted by atomic mass is 9.79. The first kappa shape index (κ1) is 19.3. The lowest BCUT2D eigenvalue weighted by molar-refractivity contribution is -0.139. The third-order valence-corrected chi connectivity index (χ3v) is 7.34. The molecule has 4 heterocycles. The summed E-state index contributed by atoms with van der Waals surface area (Å²) >= 11 is 1.65. The van der Waals surface area contributed by atoms with Gasteiger partial charge >= 0.3 is 5.97 Å². The first-order valence-corrected chi connectivity index (χ1v) is 11.5. The Bertz CT molecular complexity index is 1040. The van der Waals surface area contributed by atoms with Gasteiger partial charge in [-0.1, -0.05) is 36.4 Å². The number of benzene rings is 2. The Morgan fingerprint density at radius 3 is 2.63 bits per heavy atom. The number of hydrogen-bond donors (Lipinski definition) is 1. The number of piperidine rings is 3. The number of anilines is 1. The van der Waals surface area contributed by atoms with E-state index in [0.29, 0.717) is 5.92 Å². The van der Waals surface area contributed by atoms with Crippen LogP contribution in [-0.2, 0) is 9.53 Å². The van der Waals surface area contributed by atoms with Crippen LogP contribution in [0.2, 0.25) is 0 Å². The summed E-state index contributed by atoms with van der Waals surface area (Å²) in [6.07, 6.45) is 6.23. The van der Waals surface area contributed by atoms with Crippen molar-refractivity contribution in [3.63, 3.8) is 0 Å². The first-order valence-electron chi connectivity index (χ1n) is 10.6. The van der Waals surface area contributed by atoms with E-state index in [-0.39, 0.29) is 5.97 Å². The van der Waals surface area contributed by atoms with E-state index >= 15 is 0 Å². The number of fused-ring (bicyclic) bond motifs is 4. The largest absolute Gasteiger partial charge is 0.433 e. The average molecular weight is 419 g/mol. The molecule has 2 atom stereocenters. The predicted molar refractivity (Wildman–Crippen MR) is 123 cm³/mol. The highest BCUT2D eigenvalue weighted by Gasteiger charge is 2.32. The fraction of sp³-hybridized carbons (Fsp3) is 0.320. The van der Waals surface area contributed by atoms with Crippen molar-refractivity contribution in [1.82, 2.24) is 4.90 Å². The zero-order valence-electron chi connectivity index (χ0n) is 16.9. The Hall–Kier alpha value is -2.63. The minimum absolute atomic E-state index is 0.278. The number of ether oxygens (including phenoxy) is 1. The number of nitrogens with one attached hydrogen (secondary N) is 1. The van der Waals surface area contributed by atoms with Crippen LogP contribution in [0.4, 0.5) is 5.69 Å². The smallest absolute Gasteiger partial charge is 0.338 e. The molecule has 154 valence electrons. The quantitative estimate of drug-likeness (QED) is 0.427. The van der Waals surface area contributed by atoms with Gasteiger partial charge in [0.15, 0.2) is 6.04 Å². The first-order chi connectivity index (χ1) is 14.8. The van der Waals surface area contributed by atoms with Crippen molar-refractivity contribution in [2.75, 3.05) is 25.0 Å². The number of carbonyl (C=O) groups excluding carboxylic acids is 1. The lowest BCUT2D eigenvalue weighted by Gasteiger charge is -2.43. The van der Waals surface area contributed by atoms with Crippen molar-refractivity contribution in [2.24, 2.45) is 11.8 Å². The molecular formula is C25H26N2O2S. The molecule has 5 heteroatoms. The molecule has 2 bridgehead atoms. The second-order valence-electron chi connectivity index (χ2n) is 8.20. The Kier molecular flexibility index (Phi) is 5.56. The number of esters is 1. The Morgan fingerprint density at radius 2 is 1.87 bits per heavy atom. The molecular weight excluding hydrogens is 392 g/mol. The van der Waals surface area contributed by atoms with Gasteiger partial charge in [0.2, 0.25) is 0 Å². The average Bonchev–Trinajstić information content (AvgIpc) is 3.23. The molecule has 0 aliphatic carbocycles. The maximum absolute atomic E-state index is 13.1. The molecule has 0 saturated carbocycles. The number of carbonyl (C=O) groups is 1. The molecule has 3 fully saturated rings. The van der Waals surface area contributed by atoms with Gasteiger partial charge in [0.1, 0.15) is 0 Å². The molecule has 3 aliphatic heterocycles. The maximum Gasteiger partial charge on any atom is 0.338 e. The van der Waals surface area contributed by atoms with Crippen molar-refractivity contribution in [3.05, 3.63) is 77.9 Å². The summed E-state index contributed by atoms with van der Waals surface area (Å²) in [5, 5.41) is 6.53. The summed E-state index contributed by atoms with van der Waals surface area (Å²) in [6.45, 7) is 3.51. The van der Waals surface area contributed by atoms with Crippen LogP contribution in [-0.4, -0.2) is 30.5 Å². The minimum atomic E-state index is -0.556. The maximum atomic E-state index is 13.1. The molecule has 2 aromatic carbocycles. The van der Waals surface area contributed by atoms with Gasteiger partial charge in [-0.15, -0.1) is 11.3 Å². The minimum Gasteiger partial charge on any atom is -0.433 e. The van der Waals surface area contributed by atoms with Crippen molar-refractivity contribution in [3.8, 4) is 0 Å². The standard InChI is InChI=1S/C25H26N2O2S/c28-25(29-15-12-19-16-27-13-10-18(19)11-14-27)24(26-20-6-2-1-3-7-20)22-17-30-23-9-5-4-8-21(22)23/h1-9,12,15,17-19,24,26H,10-11,13-14,16H2. The normalized spacial score (nSPS) is 24.2. The summed E-state index contributed by atoms with van der Waals surface area (Å²) in [6, 6.07) is 17.5. The molecule has 30 heavy (non-hydrogen) atoms. The van der Waals surface area contributed by atoms with Crippen LogP contribution in [0.5, 0.6) is 0 Å². The van der Waals surface area contributed by atoms with Crippen LogP contribution >= 0.6 is 11.3 Å². The van der Waals surface area contributed by atoms with Crippen LogP contribution < -0.4 is 5.32 Å². The van der Waals surface area contributed by atoms with Crippen molar-refractivity contribution in [2.45, 2.75) is 18.9 Å². The number of hydrogen-bond acceptors (Lipinski definition) is 5. The van der Waals surface area contributed by atoms with E-state index in [2.05, 4.69) is 33.8 Å². The van der Waals surface area contributed by atoms with Gasteiger partial charge < -0.3 is 15.0 Å². The Balaban J connectivity index is 1.36. The number of para-hydroxylation sites is 1. The molecule has 1 N–H and O–H groups in total. The van der Waals surface area contributed by atoms with Crippen molar-refractivity contribution in [1.29, 1.82) is 0 Å². The van der Waals surface area contributed by atoms with Crippen LogP contribution in [0.25, 0.3) is 10.1 Å². The summed E-state index contributed by atoms with van der Waals surface area (Å²) in [4.78, 5) is 15.7. The second kappa shape index (κ2) is 8.62. The molecule has 3 saturated heterocycles. The van der Waals surface area contributed by atoms with E-state index in [1.54, 1.807) is 17.6 Å². The fourth-order valence-electron chi connectivity index (χ4n) is 4.69. The monoisotopic (exact) mass is 418 g/mol. The van der Waals surface area contributed by atoms with Gasteiger partial charge in [0.25, 0.3) is 0 Å². The van der Waals surface area contributed by atoms with Crippen molar-refractivity contribution >= 4 is 33.1 Å². The zero-order valence-corrected chi connectivity index (χ0v) is 17.7. The van der Waals surface area contributed by atoms with E-state index in [1.807, 2.05) is 42.5 Å². The molecule has 3 aromatic rings. The lowest BCUT2D eigenvalue weighted by Crippen LogP contribution is -2.46. The second-order valence-corrected chi connectivity index (χ2v) is 9.11. The summed E-state index contributed by atoms with van der Waals surface area (Å²) in [7, 11) is 0. The number of rotatable bonds is 6. The molecule has 3 aliphatic rings. The van der Waals surface area contributed by atoms with Gasteiger partial charge in [-0.25, -0.2) is 4.79 Å². The Morgan fingerprint density at radius 1 is 1.10 bits per heavy atom. The van der Waals surface area contributed by atoms with E-state index in [0.717, 1.165) is 29.1 Å². The molecule has 2 unspecified atom stereocenters. The molecule has 6 rings (SSSR count). The molecule has 0 spiro atoms.